The first-order valence-electron chi connectivity index (χ1n) is 5.66. The van der Waals surface area contributed by atoms with E-state index in [0.717, 1.165) is 26.3 Å². The van der Waals surface area contributed by atoms with Gasteiger partial charge in [-0.1, -0.05) is 0 Å². The van der Waals surface area contributed by atoms with Crippen LogP contribution in [0.5, 0.6) is 0 Å². The molecule has 0 spiro atoms. The molecule has 2 unspecified atom stereocenters. The Bertz CT molecular complexity index is 178. The van der Waals surface area contributed by atoms with Crippen LogP contribution in [0.4, 0.5) is 0 Å². The van der Waals surface area contributed by atoms with Gasteiger partial charge in [0.25, 0.3) is 0 Å². The molecule has 0 radical (unpaired) electrons. The predicted octanol–water partition coefficient (Wildman–Crippen LogP) is 1.74. The van der Waals surface area contributed by atoms with Crippen LogP contribution < -0.4 is 0 Å². The second-order valence-electron chi connectivity index (χ2n) is 4.37. The zero-order chi connectivity index (χ0) is 11.3. The van der Waals surface area contributed by atoms with Crippen LogP contribution >= 0.6 is 11.6 Å². The Balaban J connectivity index is 2.25. The molecular weight excluding hydrogens is 214 g/mol. The Labute approximate surface area is 97.7 Å². The van der Waals surface area contributed by atoms with Crippen molar-refractivity contribution in [1.82, 2.24) is 4.90 Å². The van der Waals surface area contributed by atoms with E-state index in [9.17, 15) is 0 Å². The summed E-state index contributed by atoms with van der Waals surface area (Å²) in [6, 6.07) is 0.472. The molecule has 15 heavy (non-hydrogen) atoms. The topological polar surface area (TPSA) is 21.7 Å². The first kappa shape index (κ1) is 13.2. The highest BCUT2D eigenvalue weighted by atomic mass is 35.5. The van der Waals surface area contributed by atoms with Crippen LogP contribution in [0.3, 0.4) is 0 Å². The number of morpholine rings is 1. The average molecular weight is 236 g/mol. The van der Waals surface area contributed by atoms with E-state index in [-0.39, 0.29) is 6.10 Å². The van der Waals surface area contributed by atoms with Crippen molar-refractivity contribution in [1.29, 1.82) is 0 Å². The lowest BCUT2D eigenvalue weighted by Gasteiger charge is -2.37. The van der Waals surface area contributed by atoms with Crippen LogP contribution in [-0.2, 0) is 9.47 Å². The fourth-order valence-corrected chi connectivity index (χ4v) is 1.87. The standard InChI is InChI=1S/C11H22ClNO2/c1-9(2)14-5-4-13-7-11(6-12)15-8-10(13)3/h9-11H,4-8H2,1-3H3. The van der Waals surface area contributed by atoms with Crippen molar-refractivity contribution >= 4 is 11.6 Å². The van der Waals surface area contributed by atoms with Gasteiger partial charge in [-0.2, -0.15) is 0 Å². The summed E-state index contributed by atoms with van der Waals surface area (Å²) in [7, 11) is 0. The van der Waals surface area contributed by atoms with Crippen molar-refractivity contribution in [3.05, 3.63) is 0 Å². The second-order valence-corrected chi connectivity index (χ2v) is 4.68. The van der Waals surface area contributed by atoms with Gasteiger partial charge in [-0.15, -0.1) is 11.6 Å². The van der Waals surface area contributed by atoms with E-state index >= 15 is 0 Å². The molecule has 0 N–H and O–H groups in total. The van der Waals surface area contributed by atoms with Crippen LogP contribution in [-0.4, -0.2) is 55.3 Å². The quantitative estimate of drug-likeness (QED) is 0.678. The molecule has 0 aromatic carbocycles. The summed E-state index contributed by atoms with van der Waals surface area (Å²) >= 11 is 5.79. The summed E-state index contributed by atoms with van der Waals surface area (Å²) in [6.07, 6.45) is 0.493. The smallest absolute Gasteiger partial charge is 0.0837 e. The summed E-state index contributed by atoms with van der Waals surface area (Å²) in [6.45, 7) is 9.76. The molecular formula is C11H22ClNO2. The maximum Gasteiger partial charge on any atom is 0.0837 e. The van der Waals surface area contributed by atoms with Crippen molar-refractivity contribution in [2.24, 2.45) is 0 Å². The van der Waals surface area contributed by atoms with Gasteiger partial charge in [-0.3, -0.25) is 4.90 Å². The zero-order valence-corrected chi connectivity index (χ0v) is 10.7. The molecule has 4 heteroatoms. The fraction of sp³-hybridized carbons (Fsp3) is 1.00. The van der Waals surface area contributed by atoms with E-state index in [1.54, 1.807) is 0 Å². The van der Waals surface area contributed by atoms with Crippen LogP contribution in [0.2, 0.25) is 0 Å². The highest BCUT2D eigenvalue weighted by molar-refractivity contribution is 6.18. The Morgan fingerprint density at radius 1 is 1.53 bits per heavy atom. The minimum Gasteiger partial charge on any atom is -0.377 e. The number of nitrogens with zero attached hydrogens (tertiary/aromatic N) is 1. The maximum atomic E-state index is 5.79. The van der Waals surface area contributed by atoms with E-state index in [4.69, 9.17) is 21.1 Å². The fourth-order valence-electron chi connectivity index (χ4n) is 1.69. The molecule has 1 heterocycles. The van der Waals surface area contributed by atoms with Gasteiger partial charge in [0.1, 0.15) is 0 Å². The van der Waals surface area contributed by atoms with Gasteiger partial charge in [0, 0.05) is 25.0 Å². The molecule has 1 rings (SSSR count). The number of alkyl halides is 1. The Morgan fingerprint density at radius 2 is 2.27 bits per heavy atom. The largest absolute Gasteiger partial charge is 0.377 e. The first-order valence-corrected chi connectivity index (χ1v) is 6.20. The van der Waals surface area contributed by atoms with Gasteiger partial charge in [0.05, 0.1) is 25.4 Å². The molecule has 2 atom stereocenters. The van der Waals surface area contributed by atoms with Crippen molar-refractivity contribution in [2.75, 3.05) is 32.2 Å². The lowest BCUT2D eigenvalue weighted by Crippen LogP contribution is -2.50. The van der Waals surface area contributed by atoms with Gasteiger partial charge < -0.3 is 9.47 Å². The Kier molecular flexibility index (Phi) is 5.90. The molecule has 0 aromatic rings. The first-order chi connectivity index (χ1) is 7.13. The molecule has 3 nitrogen and oxygen atoms in total. The van der Waals surface area contributed by atoms with E-state index in [1.165, 1.54) is 0 Å². The molecule has 1 saturated heterocycles. The predicted molar refractivity (Wildman–Crippen MR) is 62.6 cm³/mol. The van der Waals surface area contributed by atoms with Gasteiger partial charge in [0.15, 0.2) is 0 Å². The summed E-state index contributed by atoms with van der Waals surface area (Å²) in [5.74, 6) is 0.578. The van der Waals surface area contributed by atoms with Crippen molar-refractivity contribution in [3.63, 3.8) is 0 Å². The highest BCUT2D eigenvalue weighted by Gasteiger charge is 2.24. The minimum absolute atomic E-state index is 0.182. The van der Waals surface area contributed by atoms with Gasteiger partial charge in [0.2, 0.25) is 0 Å². The summed E-state index contributed by atoms with van der Waals surface area (Å²) in [5.41, 5.74) is 0. The molecule has 1 fully saturated rings. The third-order valence-electron chi connectivity index (χ3n) is 2.64. The minimum atomic E-state index is 0.182. The summed E-state index contributed by atoms with van der Waals surface area (Å²) in [5, 5.41) is 0. The van der Waals surface area contributed by atoms with E-state index in [0.29, 0.717) is 18.0 Å². The van der Waals surface area contributed by atoms with Crippen LogP contribution in [0, 0.1) is 0 Å². The van der Waals surface area contributed by atoms with E-state index < -0.39 is 0 Å². The second kappa shape index (κ2) is 6.69. The van der Waals surface area contributed by atoms with Crippen LogP contribution in [0.15, 0.2) is 0 Å². The molecule has 1 aliphatic heterocycles. The Morgan fingerprint density at radius 3 is 2.87 bits per heavy atom. The normalized spacial score (nSPS) is 28.6. The summed E-state index contributed by atoms with van der Waals surface area (Å²) in [4.78, 5) is 2.39. The van der Waals surface area contributed by atoms with Crippen LogP contribution in [0.1, 0.15) is 20.8 Å². The molecule has 0 aliphatic carbocycles. The average Bonchev–Trinajstić information content (AvgIpc) is 2.20. The van der Waals surface area contributed by atoms with E-state index in [2.05, 4.69) is 25.7 Å². The SMILES string of the molecule is CC(C)OCCN1CC(CCl)OCC1C. The van der Waals surface area contributed by atoms with Crippen molar-refractivity contribution in [3.8, 4) is 0 Å². The maximum absolute atomic E-state index is 5.79. The van der Waals surface area contributed by atoms with Gasteiger partial charge in [-0.25, -0.2) is 0 Å². The third-order valence-corrected chi connectivity index (χ3v) is 2.98. The molecule has 0 aromatic heterocycles. The number of hydrogen-bond acceptors (Lipinski definition) is 3. The Hall–Kier alpha value is 0.170. The van der Waals surface area contributed by atoms with E-state index in [1.807, 2.05) is 0 Å². The zero-order valence-electron chi connectivity index (χ0n) is 9.91. The number of ether oxygens (including phenoxy) is 2. The summed E-state index contributed by atoms with van der Waals surface area (Å²) < 4.78 is 11.1. The molecule has 1 aliphatic rings. The number of rotatable bonds is 5. The van der Waals surface area contributed by atoms with Crippen molar-refractivity contribution < 1.29 is 9.47 Å². The van der Waals surface area contributed by atoms with Gasteiger partial charge in [-0.05, 0) is 20.8 Å². The lowest BCUT2D eigenvalue weighted by atomic mass is 10.2. The van der Waals surface area contributed by atoms with Gasteiger partial charge >= 0.3 is 0 Å². The highest BCUT2D eigenvalue weighted by Crippen LogP contribution is 2.12. The van der Waals surface area contributed by atoms with Crippen LogP contribution in [0.25, 0.3) is 0 Å². The molecule has 0 amide bonds. The monoisotopic (exact) mass is 235 g/mol. The lowest BCUT2D eigenvalue weighted by molar-refractivity contribution is -0.0585. The number of hydrogen-bond donors (Lipinski definition) is 0. The molecule has 90 valence electrons. The molecule has 0 bridgehead atoms. The number of halogens is 1. The third kappa shape index (κ3) is 4.68. The molecule has 0 saturated carbocycles. The van der Waals surface area contributed by atoms with Crippen molar-refractivity contribution in [2.45, 2.75) is 39.0 Å².